The van der Waals surface area contributed by atoms with Gasteiger partial charge in [-0.05, 0) is 31.5 Å². The summed E-state index contributed by atoms with van der Waals surface area (Å²) >= 11 is 1.87. The highest BCUT2D eigenvalue weighted by atomic mass is 32.1. The molecule has 0 saturated heterocycles. The summed E-state index contributed by atoms with van der Waals surface area (Å²) in [4.78, 5) is 2.79. The molecule has 0 fully saturated rings. The lowest BCUT2D eigenvalue weighted by atomic mass is 10.2. The van der Waals surface area contributed by atoms with Gasteiger partial charge in [-0.2, -0.15) is 0 Å². The van der Waals surface area contributed by atoms with Crippen molar-refractivity contribution in [2.24, 2.45) is 0 Å². The maximum Gasteiger partial charge on any atom is 0.0727 e. The first-order valence-corrected chi connectivity index (χ1v) is 6.46. The van der Waals surface area contributed by atoms with Crippen LogP contribution in [0.4, 0.5) is 0 Å². The second-order valence-electron chi connectivity index (χ2n) is 3.63. The Morgan fingerprint density at radius 1 is 1.40 bits per heavy atom. The van der Waals surface area contributed by atoms with Crippen LogP contribution >= 0.6 is 11.3 Å². The molecule has 3 heteroatoms. The molecule has 0 atom stereocenters. The standard InChI is InChI=1S/C12H21NOS/c1-4-6-14-9-11-7-12(8-13-5-2)15-10(11)3/h7,13H,4-6,8-9H2,1-3H3. The highest BCUT2D eigenvalue weighted by Gasteiger charge is 2.04. The number of hydrogen-bond donors (Lipinski definition) is 1. The van der Waals surface area contributed by atoms with Gasteiger partial charge in [0, 0.05) is 22.9 Å². The predicted octanol–water partition coefficient (Wildman–Crippen LogP) is 3.09. The van der Waals surface area contributed by atoms with Gasteiger partial charge in [-0.15, -0.1) is 11.3 Å². The first-order valence-electron chi connectivity index (χ1n) is 5.64. The molecule has 0 radical (unpaired) electrons. The van der Waals surface area contributed by atoms with Gasteiger partial charge in [0.15, 0.2) is 0 Å². The smallest absolute Gasteiger partial charge is 0.0727 e. The number of thiophene rings is 1. The first kappa shape index (κ1) is 12.7. The molecule has 15 heavy (non-hydrogen) atoms. The van der Waals surface area contributed by atoms with Gasteiger partial charge in [0.2, 0.25) is 0 Å². The molecule has 0 spiro atoms. The second kappa shape index (κ2) is 6.99. The number of hydrogen-bond acceptors (Lipinski definition) is 3. The average Bonchev–Trinajstić information content (AvgIpc) is 2.57. The van der Waals surface area contributed by atoms with Crippen LogP contribution in [0.25, 0.3) is 0 Å². The Morgan fingerprint density at radius 2 is 2.20 bits per heavy atom. The van der Waals surface area contributed by atoms with E-state index in [-0.39, 0.29) is 0 Å². The summed E-state index contributed by atoms with van der Waals surface area (Å²) in [5, 5.41) is 3.34. The van der Waals surface area contributed by atoms with Crippen molar-refractivity contribution in [3.8, 4) is 0 Å². The topological polar surface area (TPSA) is 21.3 Å². The Morgan fingerprint density at radius 3 is 2.87 bits per heavy atom. The summed E-state index contributed by atoms with van der Waals surface area (Å²) in [5.41, 5.74) is 1.35. The molecule has 1 rings (SSSR count). The molecule has 1 N–H and O–H groups in total. The molecule has 0 saturated carbocycles. The Balaban J connectivity index is 2.45. The maximum atomic E-state index is 5.55. The molecule has 1 aromatic heterocycles. The minimum absolute atomic E-state index is 0.766. The zero-order valence-electron chi connectivity index (χ0n) is 9.93. The number of nitrogens with one attached hydrogen (secondary N) is 1. The van der Waals surface area contributed by atoms with E-state index < -0.39 is 0 Å². The molecule has 1 aromatic rings. The zero-order valence-corrected chi connectivity index (χ0v) is 10.7. The third kappa shape index (κ3) is 4.33. The number of ether oxygens (including phenoxy) is 1. The van der Waals surface area contributed by atoms with E-state index in [0.717, 1.165) is 32.7 Å². The van der Waals surface area contributed by atoms with Gasteiger partial charge in [-0.25, -0.2) is 0 Å². The van der Waals surface area contributed by atoms with Crippen LogP contribution in [0.5, 0.6) is 0 Å². The highest BCUT2D eigenvalue weighted by molar-refractivity contribution is 7.12. The lowest BCUT2D eigenvalue weighted by Gasteiger charge is -2.00. The molecule has 86 valence electrons. The third-order valence-electron chi connectivity index (χ3n) is 2.23. The Labute approximate surface area is 96.7 Å². The van der Waals surface area contributed by atoms with Crippen LogP contribution in [0.3, 0.4) is 0 Å². The fourth-order valence-electron chi connectivity index (χ4n) is 1.39. The van der Waals surface area contributed by atoms with Gasteiger partial charge in [-0.3, -0.25) is 0 Å². The van der Waals surface area contributed by atoms with Crippen LogP contribution < -0.4 is 5.32 Å². The van der Waals surface area contributed by atoms with Gasteiger partial charge in [0.05, 0.1) is 6.61 Å². The molecule has 2 nitrogen and oxygen atoms in total. The van der Waals surface area contributed by atoms with Crippen molar-refractivity contribution >= 4 is 11.3 Å². The average molecular weight is 227 g/mol. The lowest BCUT2D eigenvalue weighted by molar-refractivity contribution is 0.121. The predicted molar refractivity (Wildman–Crippen MR) is 66.4 cm³/mol. The molecule has 0 aliphatic rings. The molecule has 0 bridgehead atoms. The molecule has 0 aliphatic heterocycles. The molecular formula is C12H21NOS. The zero-order chi connectivity index (χ0) is 11.1. The molecule has 0 aromatic carbocycles. The second-order valence-corrected chi connectivity index (χ2v) is 4.97. The quantitative estimate of drug-likeness (QED) is 0.723. The fourth-order valence-corrected chi connectivity index (χ4v) is 2.41. The van der Waals surface area contributed by atoms with E-state index in [1.807, 2.05) is 11.3 Å². The molecule has 0 aliphatic carbocycles. The SMILES string of the molecule is CCCOCc1cc(CNCC)sc1C. The van der Waals surface area contributed by atoms with E-state index in [0.29, 0.717) is 0 Å². The monoisotopic (exact) mass is 227 g/mol. The summed E-state index contributed by atoms with van der Waals surface area (Å²) in [6.07, 6.45) is 1.09. The number of aryl methyl sites for hydroxylation is 1. The minimum atomic E-state index is 0.766. The normalized spacial score (nSPS) is 10.9. The van der Waals surface area contributed by atoms with E-state index in [9.17, 15) is 0 Å². The van der Waals surface area contributed by atoms with E-state index in [4.69, 9.17) is 4.74 Å². The lowest BCUT2D eigenvalue weighted by Crippen LogP contribution is -2.10. The summed E-state index contributed by atoms with van der Waals surface area (Å²) in [7, 11) is 0. The Hall–Kier alpha value is -0.380. The van der Waals surface area contributed by atoms with Crippen molar-refractivity contribution in [3.05, 3.63) is 21.4 Å². The molecule has 0 unspecified atom stereocenters. The van der Waals surface area contributed by atoms with E-state index in [1.54, 1.807) is 0 Å². The summed E-state index contributed by atoms with van der Waals surface area (Å²) < 4.78 is 5.55. The van der Waals surface area contributed by atoms with Crippen molar-refractivity contribution in [2.75, 3.05) is 13.2 Å². The largest absolute Gasteiger partial charge is 0.377 e. The Bertz CT molecular complexity index is 283. The van der Waals surface area contributed by atoms with Crippen LogP contribution in [0.2, 0.25) is 0 Å². The van der Waals surface area contributed by atoms with Crippen LogP contribution in [-0.2, 0) is 17.9 Å². The number of rotatable bonds is 7. The maximum absolute atomic E-state index is 5.55. The molecule has 0 amide bonds. The molecular weight excluding hydrogens is 206 g/mol. The minimum Gasteiger partial charge on any atom is -0.377 e. The van der Waals surface area contributed by atoms with Gasteiger partial charge in [0.1, 0.15) is 0 Å². The van der Waals surface area contributed by atoms with Crippen LogP contribution in [-0.4, -0.2) is 13.2 Å². The van der Waals surface area contributed by atoms with Gasteiger partial charge < -0.3 is 10.1 Å². The highest BCUT2D eigenvalue weighted by Crippen LogP contribution is 2.22. The van der Waals surface area contributed by atoms with Crippen molar-refractivity contribution in [1.29, 1.82) is 0 Å². The van der Waals surface area contributed by atoms with Crippen molar-refractivity contribution < 1.29 is 4.74 Å². The first-order chi connectivity index (χ1) is 7.27. The van der Waals surface area contributed by atoms with Crippen molar-refractivity contribution in [1.82, 2.24) is 5.32 Å². The summed E-state index contributed by atoms with van der Waals surface area (Å²) in [6, 6.07) is 2.26. The molecule has 1 heterocycles. The van der Waals surface area contributed by atoms with Crippen molar-refractivity contribution in [2.45, 2.75) is 40.3 Å². The van der Waals surface area contributed by atoms with Gasteiger partial charge in [-0.1, -0.05) is 13.8 Å². The van der Waals surface area contributed by atoms with E-state index in [1.165, 1.54) is 15.3 Å². The summed E-state index contributed by atoms with van der Waals surface area (Å²) in [6.45, 7) is 10.1. The fraction of sp³-hybridized carbons (Fsp3) is 0.667. The van der Waals surface area contributed by atoms with Gasteiger partial charge >= 0.3 is 0 Å². The van der Waals surface area contributed by atoms with Crippen LogP contribution in [0, 0.1) is 6.92 Å². The third-order valence-corrected chi connectivity index (χ3v) is 3.32. The summed E-state index contributed by atoms with van der Waals surface area (Å²) in [5.74, 6) is 0. The van der Waals surface area contributed by atoms with Gasteiger partial charge in [0.25, 0.3) is 0 Å². The van der Waals surface area contributed by atoms with Crippen LogP contribution in [0.15, 0.2) is 6.07 Å². The van der Waals surface area contributed by atoms with E-state index in [2.05, 4.69) is 32.2 Å². The van der Waals surface area contributed by atoms with E-state index >= 15 is 0 Å². The Kier molecular flexibility index (Phi) is 5.91. The van der Waals surface area contributed by atoms with Crippen LogP contribution in [0.1, 0.15) is 35.6 Å². The van der Waals surface area contributed by atoms with Crippen molar-refractivity contribution in [3.63, 3.8) is 0 Å².